The van der Waals surface area contributed by atoms with E-state index in [1.165, 1.54) is 23.5 Å². The van der Waals surface area contributed by atoms with Crippen LogP contribution in [0.3, 0.4) is 0 Å². The van der Waals surface area contributed by atoms with Crippen LogP contribution in [0.2, 0.25) is 0 Å². The van der Waals surface area contributed by atoms with Crippen molar-refractivity contribution >= 4 is 28.6 Å². The lowest BCUT2D eigenvalue weighted by Crippen LogP contribution is -2.27. The molecular formula is C18H16F2N2O2S2. The molecule has 0 saturated heterocycles. The third kappa shape index (κ3) is 5.34. The van der Waals surface area contributed by atoms with Crippen LogP contribution >= 0.6 is 22.7 Å². The molecule has 3 rings (SSSR count). The number of aromatic nitrogens is 1. The molecule has 136 valence electrons. The second kappa shape index (κ2) is 8.86. The summed E-state index contributed by atoms with van der Waals surface area (Å²) in [5.41, 5.74) is 1.69. The monoisotopic (exact) mass is 394 g/mol. The SMILES string of the molecule is O=C(Cc1csc(-c2cccs2)n1)NCCc1ccc(OC(F)F)cc1. The molecule has 0 aliphatic rings. The van der Waals surface area contributed by atoms with E-state index in [2.05, 4.69) is 15.0 Å². The lowest BCUT2D eigenvalue weighted by molar-refractivity contribution is -0.120. The van der Waals surface area contributed by atoms with E-state index in [1.807, 2.05) is 22.9 Å². The minimum atomic E-state index is -2.83. The second-order valence-electron chi connectivity index (χ2n) is 5.42. The molecule has 26 heavy (non-hydrogen) atoms. The number of thiophene rings is 1. The fourth-order valence-corrected chi connectivity index (χ4v) is 3.95. The van der Waals surface area contributed by atoms with Gasteiger partial charge < -0.3 is 10.1 Å². The van der Waals surface area contributed by atoms with Gasteiger partial charge in [-0.3, -0.25) is 4.79 Å². The highest BCUT2D eigenvalue weighted by atomic mass is 32.1. The van der Waals surface area contributed by atoms with E-state index >= 15 is 0 Å². The van der Waals surface area contributed by atoms with Crippen molar-refractivity contribution in [1.29, 1.82) is 0 Å². The van der Waals surface area contributed by atoms with E-state index in [1.54, 1.807) is 23.5 Å². The van der Waals surface area contributed by atoms with Crippen LogP contribution in [0.4, 0.5) is 8.78 Å². The standard InChI is InChI=1S/C18H16F2N2O2S2/c19-18(20)24-14-5-3-12(4-6-14)7-8-21-16(23)10-13-11-26-17(22-13)15-2-1-9-25-15/h1-6,9,11,18H,7-8,10H2,(H,21,23). The highest BCUT2D eigenvalue weighted by Crippen LogP contribution is 2.27. The fourth-order valence-electron chi connectivity index (χ4n) is 2.31. The number of carbonyl (C=O) groups is 1. The van der Waals surface area contributed by atoms with Crippen LogP contribution in [0.25, 0.3) is 9.88 Å². The van der Waals surface area contributed by atoms with Crippen molar-refractivity contribution in [3.05, 3.63) is 58.4 Å². The number of amides is 1. The molecule has 0 unspecified atom stereocenters. The van der Waals surface area contributed by atoms with E-state index in [9.17, 15) is 13.6 Å². The first kappa shape index (κ1) is 18.5. The van der Waals surface area contributed by atoms with Gasteiger partial charge in [-0.1, -0.05) is 18.2 Å². The minimum Gasteiger partial charge on any atom is -0.435 e. The highest BCUT2D eigenvalue weighted by Gasteiger charge is 2.09. The van der Waals surface area contributed by atoms with Gasteiger partial charge in [0, 0.05) is 11.9 Å². The zero-order valence-corrected chi connectivity index (χ0v) is 15.3. The Bertz CT molecular complexity index is 833. The van der Waals surface area contributed by atoms with Gasteiger partial charge in [-0.25, -0.2) is 4.98 Å². The van der Waals surface area contributed by atoms with E-state index in [0.717, 1.165) is 21.1 Å². The summed E-state index contributed by atoms with van der Waals surface area (Å²) in [4.78, 5) is 17.6. The van der Waals surface area contributed by atoms with E-state index in [4.69, 9.17) is 0 Å². The molecule has 0 saturated carbocycles. The highest BCUT2D eigenvalue weighted by molar-refractivity contribution is 7.20. The average Bonchev–Trinajstić information content (AvgIpc) is 3.27. The van der Waals surface area contributed by atoms with Crippen molar-refractivity contribution in [3.8, 4) is 15.6 Å². The predicted molar refractivity (Wildman–Crippen MR) is 98.9 cm³/mol. The average molecular weight is 394 g/mol. The predicted octanol–water partition coefficient (Wildman–Crippen LogP) is 4.37. The van der Waals surface area contributed by atoms with Gasteiger partial charge >= 0.3 is 6.61 Å². The Balaban J connectivity index is 1.43. The molecule has 4 nitrogen and oxygen atoms in total. The number of thiazole rings is 1. The van der Waals surface area contributed by atoms with Gasteiger partial charge in [0.25, 0.3) is 0 Å². The summed E-state index contributed by atoms with van der Waals surface area (Å²) in [6.45, 7) is -2.36. The molecule has 2 heterocycles. The van der Waals surface area contributed by atoms with Gasteiger partial charge in [0.05, 0.1) is 17.0 Å². The van der Waals surface area contributed by atoms with Gasteiger partial charge in [-0.15, -0.1) is 22.7 Å². The van der Waals surface area contributed by atoms with Gasteiger partial charge in [0.15, 0.2) is 0 Å². The molecule has 0 aliphatic carbocycles. The Morgan fingerprint density at radius 2 is 2.00 bits per heavy atom. The van der Waals surface area contributed by atoms with E-state index in [-0.39, 0.29) is 18.1 Å². The molecular weight excluding hydrogens is 378 g/mol. The van der Waals surface area contributed by atoms with Crippen LogP contribution < -0.4 is 10.1 Å². The summed E-state index contributed by atoms with van der Waals surface area (Å²) >= 11 is 3.15. The van der Waals surface area contributed by atoms with Crippen molar-refractivity contribution in [1.82, 2.24) is 10.3 Å². The van der Waals surface area contributed by atoms with Crippen molar-refractivity contribution in [2.75, 3.05) is 6.54 Å². The van der Waals surface area contributed by atoms with Crippen molar-refractivity contribution in [3.63, 3.8) is 0 Å². The minimum absolute atomic E-state index is 0.0920. The third-order valence-electron chi connectivity index (χ3n) is 3.51. The zero-order valence-electron chi connectivity index (χ0n) is 13.7. The number of ether oxygens (including phenoxy) is 1. The number of nitrogens with one attached hydrogen (secondary N) is 1. The third-order valence-corrected chi connectivity index (χ3v) is 5.44. The van der Waals surface area contributed by atoms with Crippen LogP contribution in [-0.2, 0) is 17.6 Å². The molecule has 0 spiro atoms. The molecule has 0 bridgehead atoms. The quantitative estimate of drug-likeness (QED) is 0.617. The molecule has 3 aromatic rings. The van der Waals surface area contributed by atoms with E-state index < -0.39 is 6.61 Å². The maximum atomic E-state index is 12.1. The molecule has 8 heteroatoms. The summed E-state index contributed by atoms with van der Waals surface area (Å²) in [5.74, 6) is 0.0311. The largest absolute Gasteiger partial charge is 0.435 e. The second-order valence-corrected chi connectivity index (χ2v) is 7.23. The summed E-state index contributed by atoms with van der Waals surface area (Å²) in [5, 5.41) is 7.67. The number of alkyl halides is 2. The van der Waals surface area contributed by atoms with Crippen molar-refractivity contribution in [2.45, 2.75) is 19.5 Å². The molecule has 2 aromatic heterocycles. The lowest BCUT2D eigenvalue weighted by Gasteiger charge is -2.07. The van der Waals surface area contributed by atoms with Gasteiger partial charge in [-0.2, -0.15) is 8.78 Å². The molecule has 1 N–H and O–H groups in total. The molecule has 0 atom stereocenters. The topological polar surface area (TPSA) is 51.2 Å². The first-order chi connectivity index (χ1) is 12.6. The van der Waals surface area contributed by atoms with E-state index in [0.29, 0.717) is 13.0 Å². The smallest absolute Gasteiger partial charge is 0.387 e. The Labute approximate surface area is 157 Å². The Kier molecular flexibility index (Phi) is 6.30. The van der Waals surface area contributed by atoms with Gasteiger partial charge in [0.2, 0.25) is 5.91 Å². The number of rotatable bonds is 8. The van der Waals surface area contributed by atoms with Crippen LogP contribution in [0.5, 0.6) is 5.75 Å². The Hall–Kier alpha value is -2.32. The van der Waals surface area contributed by atoms with Crippen LogP contribution in [0.15, 0.2) is 47.2 Å². The Morgan fingerprint density at radius 3 is 2.69 bits per heavy atom. The number of halogens is 2. The zero-order chi connectivity index (χ0) is 18.4. The van der Waals surface area contributed by atoms with Gasteiger partial charge in [-0.05, 0) is 35.6 Å². The first-order valence-corrected chi connectivity index (χ1v) is 9.65. The van der Waals surface area contributed by atoms with Crippen LogP contribution in [0.1, 0.15) is 11.3 Å². The lowest BCUT2D eigenvalue weighted by atomic mass is 10.1. The van der Waals surface area contributed by atoms with Crippen LogP contribution in [0, 0.1) is 0 Å². The Morgan fingerprint density at radius 1 is 1.19 bits per heavy atom. The summed E-state index contributed by atoms with van der Waals surface area (Å²) in [7, 11) is 0. The normalized spacial score (nSPS) is 10.9. The number of nitrogens with zero attached hydrogens (tertiary/aromatic N) is 1. The maximum Gasteiger partial charge on any atom is 0.387 e. The first-order valence-electron chi connectivity index (χ1n) is 7.89. The fraction of sp³-hybridized carbons (Fsp3) is 0.222. The molecule has 0 fully saturated rings. The maximum absolute atomic E-state index is 12.1. The molecule has 1 aromatic carbocycles. The number of hydrogen-bond donors (Lipinski definition) is 1. The number of benzene rings is 1. The molecule has 0 aliphatic heterocycles. The number of carbonyl (C=O) groups excluding carboxylic acids is 1. The van der Waals surface area contributed by atoms with Gasteiger partial charge in [0.1, 0.15) is 10.8 Å². The molecule has 1 amide bonds. The molecule has 0 radical (unpaired) electrons. The van der Waals surface area contributed by atoms with Crippen LogP contribution in [-0.4, -0.2) is 24.0 Å². The summed E-state index contributed by atoms with van der Waals surface area (Å²) in [6.07, 6.45) is 0.848. The summed E-state index contributed by atoms with van der Waals surface area (Å²) in [6, 6.07) is 10.4. The van der Waals surface area contributed by atoms with Crippen molar-refractivity contribution in [2.24, 2.45) is 0 Å². The van der Waals surface area contributed by atoms with Crippen molar-refractivity contribution < 1.29 is 18.3 Å². The number of hydrogen-bond acceptors (Lipinski definition) is 5. The summed E-state index contributed by atoms with van der Waals surface area (Å²) < 4.78 is 28.5.